The highest BCUT2D eigenvalue weighted by Gasteiger charge is 2.24. The first-order chi connectivity index (χ1) is 14.9. The lowest BCUT2D eigenvalue weighted by Gasteiger charge is -2.29. The van der Waals surface area contributed by atoms with Crippen molar-refractivity contribution < 1.29 is 9.53 Å². The van der Waals surface area contributed by atoms with Crippen LogP contribution in [0.3, 0.4) is 0 Å². The fraction of sp³-hybridized carbons (Fsp3) is 0.414. The predicted octanol–water partition coefficient (Wildman–Crippen LogP) is 8.21. The van der Waals surface area contributed by atoms with E-state index in [9.17, 15) is 4.79 Å². The van der Waals surface area contributed by atoms with E-state index in [-0.39, 0.29) is 5.97 Å². The lowest BCUT2D eigenvalue weighted by atomic mass is 9.76. The minimum Gasteiger partial charge on any atom is -0.465 e. The van der Waals surface area contributed by atoms with Crippen molar-refractivity contribution in [3.63, 3.8) is 0 Å². The predicted molar refractivity (Wildman–Crippen MR) is 134 cm³/mol. The van der Waals surface area contributed by atoms with E-state index in [0.29, 0.717) is 17.4 Å². The average Bonchev–Trinajstić information content (AvgIpc) is 2.77. The van der Waals surface area contributed by atoms with E-state index in [0.717, 1.165) is 31.2 Å². The molecule has 0 radical (unpaired) electrons. The molecule has 0 aromatic heterocycles. The van der Waals surface area contributed by atoms with Gasteiger partial charge in [0.25, 0.3) is 0 Å². The Hall–Kier alpha value is -2.61. The summed E-state index contributed by atoms with van der Waals surface area (Å²) in [5, 5.41) is 0. The molecule has 2 nitrogen and oxygen atoms in total. The smallest absolute Gasteiger partial charge is 0.337 e. The van der Waals surface area contributed by atoms with E-state index in [1.54, 1.807) is 0 Å². The SMILES string of the molecule is C=Cc1ccccc1/C(=C(/c1ccc(C(=O)OC)cc1C)C(CCC)CCC)C(C)C. The van der Waals surface area contributed by atoms with Gasteiger partial charge in [-0.1, -0.05) is 83.5 Å². The highest BCUT2D eigenvalue weighted by Crippen LogP contribution is 2.42. The second-order valence-electron chi connectivity index (χ2n) is 8.57. The molecule has 31 heavy (non-hydrogen) atoms. The van der Waals surface area contributed by atoms with Gasteiger partial charge < -0.3 is 4.74 Å². The molecule has 0 amide bonds. The topological polar surface area (TPSA) is 26.3 Å². The Morgan fingerprint density at radius 2 is 1.65 bits per heavy atom. The number of methoxy groups -OCH3 is 1. The van der Waals surface area contributed by atoms with E-state index in [1.807, 2.05) is 18.2 Å². The van der Waals surface area contributed by atoms with Gasteiger partial charge >= 0.3 is 5.97 Å². The van der Waals surface area contributed by atoms with Crippen molar-refractivity contribution >= 4 is 23.2 Å². The van der Waals surface area contributed by atoms with Crippen LogP contribution < -0.4 is 0 Å². The number of ether oxygens (including phenoxy) is 1. The van der Waals surface area contributed by atoms with Crippen LogP contribution in [0.4, 0.5) is 0 Å². The van der Waals surface area contributed by atoms with Gasteiger partial charge in [0, 0.05) is 0 Å². The molecule has 0 aliphatic rings. The summed E-state index contributed by atoms with van der Waals surface area (Å²) < 4.78 is 4.94. The van der Waals surface area contributed by atoms with Crippen LogP contribution in [0.5, 0.6) is 0 Å². The van der Waals surface area contributed by atoms with Gasteiger partial charge in [-0.05, 0) is 77.1 Å². The second kappa shape index (κ2) is 11.7. The normalized spacial score (nSPS) is 12.1. The van der Waals surface area contributed by atoms with Gasteiger partial charge in [-0.25, -0.2) is 4.79 Å². The zero-order valence-electron chi connectivity index (χ0n) is 20.1. The number of hydrogen-bond acceptors (Lipinski definition) is 2. The average molecular weight is 419 g/mol. The summed E-state index contributed by atoms with van der Waals surface area (Å²) in [6.45, 7) is 15.3. The summed E-state index contributed by atoms with van der Waals surface area (Å²) in [6.07, 6.45) is 6.53. The minimum atomic E-state index is -0.292. The molecule has 0 atom stereocenters. The molecule has 0 N–H and O–H groups in total. The van der Waals surface area contributed by atoms with E-state index < -0.39 is 0 Å². The Morgan fingerprint density at radius 1 is 1.00 bits per heavy atom. The number of benzene rings is 2. The first-order valence-electron chi connectivity index (χ1n) is 11.5. The summed E-state index contributed by atoms with van der Waals surface area (Å²) in [5.41, 5.74) is 8.18. The van der Waals surface area contributed by atoms with Gasteiger partial charge in [-0.3, -0.25) is 0 Å². The molecule has 2 aromatic carbocycles. The molecular weight excluding hydrogens is 380 g/mol. The Kier molecular flexibility index (Phi) is 9.30. The van der Waals surface area contributed by atoms with Crippen molar-refractivity contribution in [3.05, 3.63) is 76.9 Å². The van der Waals surface area contributed by atoms with Gasteiger partial charge in [-0.2, -0.15) is 0 Å². The monoisotopic (exact) mass is 418 g/mol. The van der Waals surface area contributed by atoms with E-state index in [1.165, 1.54) is 34.9 Å². The van der Waals surface area contributed by atoms with Crippen molar-refractivity contribution in [3.8, 4) is 0 Å². The van der Waals surface area contributed by atoms with Gasteiger partial charge in [0.05, 0.1) is 12.7 Å². The van der Waals surface area contributed by atoms with Crippen LogP contribution in [0, 0.1) is 18.8 Å². The largest absolute Gasteiger partial charge is 0.465 e. The Bertz CT molecular complexity index is 928. The van der Waals surface area contributed by atoms with Crippen LogP contribution in [0.1, 0.15) is 86.0 Å². The summed E-state index contributed by atoms with van der Waals surface area (Å²) in [5.74, 6) is 0.528. The number of esters is 1. The van der Waals surface area contributed by atoms with Crippen LogP contribution in [0.2, 0.25) is 0 Å². The summed E-state index contributed by atoms with van der Waals surface area (Å²) in [6, 6.07) is 14.5. The molecule has 166 valence electrons. The zero-order valence-corrected chi connectivity index (χ0v) is 20.1. The highest BCUT2D eigenvalue weighted by molar-refractivity contribution is 5.96. The van der Waals surface area contributed by atoms with E-state index >= 15 is 0 Å². The van der Waals surface area contributed by atoms with Crippen LogP contribution in [0.15, 0.2) is 49.0 Å². The Balaban J connectivity index is 2.89. The first kappa shape index (κ1) is 24.7. The first-order valence-corrected chi connectivity index (χ1v) is 11.5. The third-order valence-corrected chi connectivity index (χ3v) is 5.96. The molecule has 0 saturated heterocycles. The number of carbonyl (C=O) groups excluding carboxylic acids is 1. The van der Waals surface area contributed by atoms with Gasteiger partial charge in [0.15, 0.2) is 0 Å². The molecule has 0 spiro atoms. The molecule has 0 unspecified atom stereocenters. The second-order valence-corrected chi connectivity index (χ2v) is 8.57. The van der Waals surface area contributed by atoms with E-state index in [4.69, 9.17) is 4.74 Å². The quantitative estimate of drug-likeness (QED) is 0.287. The van der Waals surface area contributed by atoms with Crippen LogP contribution in [-0.4, -0.2) is 13.1 Å². The molecular formula is C29H38O2. The molecule has 0 fully saturated rings. The lowest BCUT2D eigenvalue weighted by Crippen LogP contribution is -2.12. The zero-order chi connectivity index (χ0) is 23.0. The van der Waals surface area contributed by atoms with Crippen LogP contribution in [0.25, 0.3) is 17.2 Å². The van der Waals surface area contributed by atoms with Crippen molar-refractivity contribution in [2.75, 3.05) is 7.11 Å². The van der Waals surface area contributed by atoms with Gasteiger partial charge in [0.1, 0.15) is 0 Å². The lowest BCUT2D eigenvalue weighted by molar-refractivity contribution is 0.0600. The molecule has 0 heterocycles. The number of rotatable bonds is 10. The molecule has 2 heteroatoms. The summed E-state index contributed by atoms with van der Waals surface area (Å²) in [4.78, 5) is 12.1. The third kappa shape index (κ3) is 5.76. The maximum Gasteiger partial charge on any atom is 0.337 e. The molecule has 2 rings (SSSR count). The van der Waals surface area contributed by atoms with Crippen molar-refractivity contribution in [1.29, 1.82) is 0 Å². The molecule has 0 bridgehead atoms. The number of allylic oxidation sites excluding steroid dienone is 2. The third-order valence-electron chi connectivity index (χ3n) is 5.96. The van der Waals surface area contributed by atoms with E-state index in [2.05, 4.69) is 71.5 Å². The summed E-state index contributed by atoms with van der Waals surface area (Å²) in [7, 11) is 1.43. The van der Waals surface area contributed by atoms with Crippen LogP contribution in [-0.2, 0) is 4.74 Å². The Morgan fingerprint density at radius 3 is 2.16 bits per heavy atom. The van der Waals surface area contributed by atoms with Gasteiger partial charge in [-0.15, -0.1) is 0 Å². The minimum absolute atomic E-state index is 0.292. The standard InChI is InChI=1S/C29H38O2/c1-8-13-23(14-9-2)28(25-18-17-24(19-21(25)6)29(30)31-7)27(20(4)5)26-16-12-11-15-22(26)10-3/h10-12,15-20,23H,3,8-9,13-14H2,1-2,4-7H3/b28-27+. The highest BCUT2D eigenvalue weighted by atomic mass is 16.5. The van der Waals surface area contributed by atoms with Crippen LogP contribution >= 0.6 is 0 Å². The molecule has 2 aromatic rings. The Labute approximate surface area is 189 Å². The molecule has 0 aliphatic carbocycles. The number of hydrogen-bond donors (Lipinski definition) is 0. The molecule has 0 saturated carbocycles. The fourth-order valence-electron chi connectivity index (χ4n) is 4.61. The van der Waals surface area contributed by atoms with Gasteiger partial charge in [0.2, 0.25) is 0 Å². The maximum absolute atomic E-state index is 12.1. The maximum atomic E-state index is 12.1. The van der Waals surface area contributed by atoms with Crippen molar-refractivity contribution in [2.45, 2.75) is 60.3 Å². The van der Waals surface area contributed by atoms with Crippen molar-refractivity contribution in [1.82, 2.24) is 0 Å². The molecule has 0 aliphatic heterocycles. The van der Waals surface area contributed by atoms with Crippen molar-refractivity contribution in [2.24, 2.45) is 11.8 Å². The summed E-state index contributed by atoms with van der Waals surface area (Å²) >= 11 is 0. The number of carbonyl (C=O) groups is 1. The number of aryl methyl sites for hydroxylation is 1. The fourth-order valence-corrected chi connectivity index (χ4v) is 4.61.